The second-order valence-electron chi connectivity index (χ2n) is 4.13. The Morgan fingerprint density at radius 2 is 2.50 bits per heavy atom. The summed E-state index contributed by atoms with van der Waals surface area (Å²) in [6.07, 6.45) is 6.33. The molecule has 16 heavy (non-hydrogen) atoms. The second kappa shape index (κ2) is 3.79. The van der Waals surface area contributed by atoms with Gasteiger partial charge in [-0.3, -0.25) is 0 Å². The Morgan fingerprint density at radius 1 is 1.56 bits per heavy atom. The predicted octanol–water partition coefficient (Wildman–Crippen LogP) is 1.77. The van der Waals surface area contributed by atoms with Gasteiger partial charge in [0.25, 0.3) is 0 Å². The maximum Gasteiger partial charge on any atom is 0.130 e. The molecule has 84 valence electrons. The summed E-state index contributed by atoms with van der Waals surface area (Å²) in [7, 11) is 1.68. The molecule has 0 aliphatic carbocycles. The number of methoxy groups -OCH3 is 1. The Morgan fingerprint density at radius 3 is 3.25 bits per heavy atom. The highest BCUT2D eigenvalue weighted by molar-refractivity contribution is 5.50. The topological polar surface area (TPSA) is 38.6 Å². The number of aromatic nitrogens is 2. The molecule has 1 saturated heterocycles. The Balaban J connectivity index is 2.06. The summed E-state index contributed by atoms with van der Waals surface area (Å²) >= 11 is 0. The van der Waals surface area contributed by atoms with Crippen LogP contribution in [-0.2, 0) is 0 Å². The van der Waals surface area contributed by atoms with Gasteiger partial charge in [0.1, 0.15) is 11.6 Å². The lowest BCUT2D eigenvalue weighted by Crippen LogP contribution is -2.15. The Labute approximate surface area is 94.3 Å². The number of pyridine rings is 1. The zero-order valence-corrected chi connectivity index (χ0v) is 9.31. The fraction of sp³-hybridized carbons (Fsp3) is 0.417. The predicted molar refractivity (Wildman–Crippen MR) is 61.7 cm³/mol. The summed E-state index contributed by atoms with van der Waals surface area (Å²) < 4.78 is 7.33. The number of nitrogens with one attached hydrogen (secondary N) is 1. The summed E-state index contributed by atoms with van der Waals surface area (Å²) in [6.45, 7) is 1.09. The second-order valence-corrected chi connectivity index (χ2v) is 4.13. The smallest absolute Gasteiger partial charge is 0.130 e. The number of fused-ring (bicyclic) bond motifs is 1. The van der Waals surface area contributed by atoms with E-state index >= 15 is 0 Å². The molecule has 1 atom stereocenters. The van der Waals surface area contributed by atoms with Gasteiger partial charge < -0.3 is 14.5 Å². The van der Waals surface area contributed by atoms with Crippen LogP contribution in [-0.4, -0.2) is 23.0 Å². The zero-order chi connectivity index (χ0) is 11.0. The van der Waals surface area contributed by atoms with E-state index in [-0.39, 0.29) is 0 Å². The summed E-state index contributed by atoms with van der Waals surface area (Å²) in [5, 5.41) is 3.47. The minimum atomic E-state index is 0.399. The van der Waals surface area contributed by atoms with E-state index < -0.39 is 0 Å². The van der Waals surface area contributed by atoms with Crippen LogP contribution in [0.3, 0.4) is 0 Å². The van der Waals surface area contributed by atoms with Gasteiger partial charge in [-0.15, -0.1) is 0 Å². The quantitative estimate of drug-likeness (QED) is 0.833. The fourth-order valence-corrected chi connectivity index (χ4v) is 2.29. The van der Waals surface area contributed by atoms with Crippen molar-refractivity contribution in [3.63, 3.8) is 0 Å². The van der Waals surface area contributed by atoms with E-state index in [4.69, 9.17) is 4.74 Å². The molecule has 0 amide bonds. The minimum Gasteiger partial charge on any atom is -0.497 e. The van der Waals surface area contributed by atoms with Crippen LogP contribution in [0.25, 0.3) is 5.52 Å². The molecule has 4 heteroatoms. The summed E-state index contributed by atoms with van der Waals surface area (Å²) in [5.41, 5.74) is 1.09. The molecule has 0 bridgehead atoms. The number of imidazole rings is 1. The molecule has 0 radical (unpaired) electrons. The van der Waals surface area contributed by atoms with Crippen molar-refractivity contribution in [1.82, 2.24) is 14.7 Å². The van der Waals surface area contributed by atoms with Crippen molar-refractivity contribution in [3.8, 4) is 5.75 Å². The van der Waals surface area contributed by atoms with Gasteiger partial charge in [0.2, 0.25) is 0 Å². The molecule has 3 rings (SSSR count). The molecule has 0 aromatic carbocycles. The van der Waals surface area contributed by atoms with Crippen molar-refractivity contribution in [2.45, 2.75) is 18.9 Å². The molecule has 1 fully saturated rings. The molecule has 4 nitrogen and oxygen atoms in total. The van der Waals surface area contributed by atoms with Crippen LogP contribution in [0.4, 0.5) is 0 Å². The van der Waals surface area contributed by atoms with Crippen molar-refractivity contribution in [2.24, 2.45) is 0 Å². The molecule has 1 aliphatic rings. The molecule has 1 aliphatic heterocycles. The molecule has 0 spiro atoms. The number of hydrogen-bond donors (Lipinski definition) is 1. The van der Waals surface area contributed by atoms with E-state index in [1.807, 2.05) is 24.5 Å². The largest absolute Gasteiger partial charge is 0.497 e. The average Bonchev–Trinajstić information content (AvgIpc) is 2.96. The summed E-state index contributed by atoms with van der Waals surface area (Å²) in [5.74, 6) is 1.98. The van der Waals surface area contributed by atoms with Gasteiger partial charge in [0.15, 0.2) is 0 Å². The van der Waals surface area contributed by atoms with Crippen molar-refractivity contribution in [1.29, 1.82) is 0 Å². The molecule has 2 aromatic rings. The summed E-state index contributed by atoms with van der Waals surface area (Å²) in [6, 6.07) is 4.37. The lowest BCUT2D eigenvalue weighted by molar-refractivity contribution is 0.414. The van der Waals surface area contributed by atoms with E-state index in [2.05, 4.69) is 14.7 Å². The fourth-order valence-electron chi connectivity index (χ4n) is 2.29. The van der Waals surface area contributed by atoms with E-state index in [0.717, 1.165) is 23.6 Å². The summed E-state index contributed by atoms with van der Waals surface area (Å²) in [4.78, 5) is 4.50. The van der Waals surface area contributed by atoms with Crippen LogP contribution >= 0.6 is 0 Å². The highest BCUT2D eigenvalue weighted by Crippen LogP contribution is 2.24. The third-order valence-electron chi connectivity index (χ3n) is 3.14. The van der Waals surface area contributed by atoms with Crippen LogP contribution in [0.5, 0.6) is 5.75 Å². The first kappa shape index (κ1) is 9.66. The Hall–Kier alpha value is -1.55. The highest BCUT2D eigenvalue weighted by Gasteiger charge is 2.20. The molecule has 2 aromatic heterocycles. The van der Waals surface area contributed by atoms with E-state index in [0.29, 0.717) is 6.04 Å². The first-order valence-corrected chi connectivity index (χ1v) is 5.63. The number of ether oxygens (including phenoxy) is 1. The molecule has 1 N–H and O–H groups in total. The van der Waals surface area contributed by atoms with Gasteiger partial charge in [0.05, 0.1) is 24.9 Å². The molecule has 3 heterocycles. The Kier molecular flexibility index (Phi) is 2.29. The van der Waals surface area contributed by atoms with Gasteiger partial charge in [0, 0.05) is 12.3 Å². The van der Waals surface area contributed by atoms with Crippen molar-refractivity contribution >= 4 is 5.52 Å². The van der Waals surface area contributed by atoms with Crippen LogP contribution in [0.1, 0.15) is 24.7 Å². The van der Waals surface area contributed by atoms with Crippen LogP contribution in [0.15, 0.2) is 24.5 Å². The monoisotopic (exact) mass is 217 g/mol. The maximum atomic E-state index is 5.20. The van der Waals surface area contributed by atoms with Crippen molar-refractivity contribution in [2.75, 3.05) is 13.7 Å². The standard InChI is InChI=1S/C12H15N3O/c1-16-10-4-6-15-9(7-10)8-14-12(15)11-3-2-5-13-11/h4,6-8,11,13H,2-3,5H2,1H3. The normalized spacial score (nSPS) is 20.4. The first-order valence-electron chi connectivity index (χ1n) is 5.63. The van der Waals surface area contributed by atoms with E-state index in [1.165, 1.54) is 12.8 Å². The van der Waals surface area contributed by atoms with Gasteiger partial charge in [-0.1, -0.05) is 0 Å². The number of nitrogens with zero attached hydrogens (tertiary/aromatic N) is 2. The van der Waals surface area contributed by atoms with Gasteiger partial charge in [-0.25, -0.2) is 4.98 Å². The van der Waals surface area contributed by atoms with Crippen LogP contribution < -0.4 is 10.1 Å². The number of rotatable bonds is 2. The Bertz CT molecular complexity index is 500. The average molecular weight is 217 g/mol. The molecule has 1 unspecified atom stereocenters. The highest BCUT2D eigenvalue weighted by atomic mass is 16.5. The molecular weight excluding hydrogens is 202 g/mol. The third kappa shape index (κ3) is 1.46. The van der Waals surface area contributed by atoms with Crippen LogP contribution in [0.2, 0.25) is 0 Å². The van der Waals surface area contributed by atoms with Gasteiger partial charge >= 0.3 is 0 Å². The third-order valence-corrected chi connectivity index (χ3v) is 3.14. The van der Waals surface area contributed by atoms with Crippen molar-refractivity contribution < 1.29 is 4.74 Å². The van der Waals surface area contributed by atoms with E-state index in [1.54, 1.807) is 7.11 Å². The number of hydrogen-bond acceptors (Lipinski definition) is 3. The lowest BCUT2D eigenvalue weighted by Gasteiger charge is -2.09. The first-order chi connectivity index (χ1) is 7.88. The zero-order valence-electron chi connectivity index (χ0n) is 9.31. The minimum absolute atomic E-state index is 0.399. The van der Waals surface area contributed by atoms with Gasteiger partial charge in [-0.2, -0.15) is 0 Å². The SMILES string of the molecule is COc1ccn2c(C3CCCN3)ncc2c1. The van der Waals surface area contributed by atoms with Crippen molar-refractivity contribution in [3.05, 3.63) is 30.4 Å². The lowest BCUT2D eigenvalue weighted by atomic mass is 10.2. The molecular formula is C12H15N3O. The van der Waals surface area contributed by atoms with Gasteiger partial charge in [-0.05, 0) is 25.5 Å². The maximum absolute atomic E-state index is 5.20. The molecule has 0 saturated carbocycles. The van der Waals surface area contributed by atoms with E-state index in [9.17, 15) is 0 Å². The van der Waals surface area contributed by atoms with Crippen LogP contribution in [0, 0.1) is 0 Å².